The first-order valence-corrected chi connectivity index (χ1v) is 13.8. The molecule has 1 aliphatic heterocycles. The summed E-state index contributed by atoms with van der Waals surface area (Å²) < 4.78 is 0. The topological polar surface area (TPSA) is 178 Å². The number of carbonyl (C=O) groups is 3. The van der Waals surface area contributed by atoms with Gasteiger partial charge in [0.1, 0.15) is 6.04 Å². The summed E-state index contributed by atoms with van der Waals surface area (Å²) in [4.78, 5) is 46.2. The fourth-order valence-electron chi connectivity index (χ4n) is 5.51. The average Bonchev–Trinajstić information content (AvgIpc) is 3.34. The van der Waals surface area contributed by atoms with Gasteiger partial charge in [0.05, 0.1) is 11.0 Å². The molecule has 0 spiro atoms. The van der Waals surface area contributed by atoms with Gasteiger partial charge < -0.3 is 31.9 Å². The molecule has 0 saturated carbocycles. The van der Waals surface area contributed by atoms with Crippen LogP contribution in [0.2, 0.25) is 0 Å². The minimum Gasteiger partial charge on any atom is -0.412 e. The van der Waals surface area contributed by atoms with Crippen molar-refractivity contribution in [2.24, 2.45) is 11.1 Å². The zero-order chi connectivity index (χ0) is 29.1. The van der Waals surface area contributed by atoms with Gasteiger partial charge in [0.15, 0.2) is 0 Å². The summed E-state index contributed by atoms with van der Waals surface area (Å²) in [5.41, 5.74) is 7.10. The van der Waals surface area contributed by atoms with E-state index in [1.807, 2.05) is 74.9 Å². The summed E-state index contributed by atoms with van der Waals surface area (Å²) in [6, 6.07) is 17.0. The Hall–Kier alpha value is -3.77. The summed E-state index contributed by atoms with van der Waals surface area (Å²) in [6.45, 7) is 4.03. The van der Waals surface area contributed by atoms with E-state index in [1.54, 1.807) is 35.8 Å². The second-order valence-corrected chi connectivity index (χ2v) is 11.8. The number of fused-ring (bicyclic) bond motifs is 1. The molecule has 8 N–H and O–H groups in total. The third kappa shape index (κ3) is 7.54. The minimum absolute atomic E-state index is 0. The molecule has 2 aromatic carbocycles. The summed E-state index contributed by atoms with van der Waals surface area (Å²) in [5, 5.41) is 7.32. The third-order valence-electron chi connectivity index (χ3n) is 7.91. The first-order valence-electron chi connectivity index (χ1n) is 13.8. The Bertz CT molecular complexity index is 1350. The fourth-order valence-corrected chi connectivity index (χ4v) is 5.51. The minimum atomic E-state index is -1.15. The van der Waals surface area contributed by atoms with Crippen molar-refractivity contribution < 1.29 is 25.3 Å². The Balaban J connectivity index is 0.00000308. The van der Waals surface area contributed by atoms with Gasteiger partial charge in [0.2, 0.25) is 17.7 Å². The van der Waals surface area contributed by atoms with Crippen molar-refractivity contribution in [3.8, 4) is 0 Å². The first kappa shape index (κ1) is 34.4. The highest BCUT2D eigenvalue weighted by Gasteiger charge is 2.46. The number of aromatic amines is 1. The Morgan fingerprint density at radius 3 is 2.33 bits per heavy atom. The fraction of sp³-hybridized carbons (Fsp3) is 0.452. The van der Waals surface area contributed by atoms with Gasteiger partial charge in [-0.05, 0) is 50.3 Å². The highest BCUT2D eigenvalue weighted by Crippen LogP contribution is 2.36. The van der Waals surface area contributed by atoms with Crippen molar-refractivity contribution >= 4 is 28.6 Å². The van der Waals surface area contributed by atoms with Gasteiger partial charge in [0.25, 0.3) is 0 Å². The molecular formula is C31H46N6O5. The summed E-state index contributed by atoms with van der Waals surface area (Å²) in [7, 11) is 5.43. The third-order valence-corrected chi connectivity index (χ3v) is 7.91. The number of piperidine rings is 1. The number of rotatable bonds is 9. The molecule has 1 aliphatic rings. The molecule has 1 fully saturated rings. The van der Waals surface area contributed by atoms with Crippen LogP contribution in [0.4, 0.5) is 0 Å². The number of H-pyrrole nitrogens is 1. The molecule has 11 nitrogen and oxygen atoms in total. The molecule has 0 bridgehead atoms. The highest BCUT2D eigenvalue weighted by molar-refractivity contribution is 5.93. The molecule has 0 radical (unpaired) electrons. The first-order chi connectivity index (χ1) is 18.9. The quantitative estimate of drug-likeness (QED) is 0.319. The molecule has 2 heterocycles. The molecule has 1 saturated heterocycles. The number of carbonyl (C=O) groups excluding carboxylic acids is 3. The van der Waals surface area contributed by atoms with Crippen LogP contribution in [0.5, 0.6) is 0 Å². The normalized spacial score (nSPS) is 17.6. The molecule has 0 aliphatic carbocycles. The van der Waals surface area contributed by atoms with Gasteiger partial charge in [0, 0.05) is 57.8 Å². The van der Waals surface area contributed by atoms with Crippen molar-refractivity contribution in [2.75, 3.05) is 34.2 Å². The molecule has 2 atom stereocenters. The van der Waals surface area contributed by atoms with Gasteiger partial charge in [-0.2, -0.15) is 0 Å². The Labute approximate surface area is 247 Å². The monoisotopic (exact) mass is 582 g/mol. The summed E-state index contributed by atoms with van der Waals surface area (Å²) in [6.07, 6.45) is 4.05. The molecular weight excluding hydrogens is 536 g/mol. The van der Waals surface area contributed by atoms with E-state index in [0.29, 0.717) is 32.2 Å². The second-order valence-electron chi connectivity index (χ2n) is 11.8. The van der Waals surface area contributed by atoms with Crippen LogP contribution >= 0.6 is 0 Å². The molecule has 42 heavy (non-hydrogen) atoms. The lowest BCUT2D eigenvalue weighted by Crippen LogP contribution is -2.61. The number of nitrogens with two attached hydrogens (primary N) is 1. The predicted molar refractivity (Wildman–Crippen MR) is 164 cm³/mol. The van der Waals surface area contributed by atoms with Crippen molar-refractivity contribution in [3.05, 3.63) is 71.9 Å². The lowest BCUT2D eigenvalue weighted by atomic mass is 9.74. The van der Waals surface area contributed by atoms with E-state index in [2.05, 4.69) is 10.3 Å². The van der Waals surface area contributed by atoms with Crippen LogP contribution in [0.15, 0.2) is 60.8 Å². The SMILES string of the molecule is CN(C)N(C)C(=O)[C@@]1(Cc2ccccc2)CCCN(C(=O)[C@@H](Cc2c[nH]c3ccccc23)NC(=O)C(C)(C)N)C1.O.O. The van der Waals surface area contributed by atoms with Crippen molar-refractivity contribution in [2.45, 2.75) is 51.1 Å². The average molecular weight is 583 g/mol. The maximum atomic E-state index is 14.2. The standard InChI is InChI=1S/C31H42N6O3.2H2O/c1-30(2,32)28(39)34-26(18-23-20-33-25-15-10-9-14-24(23)25)27(38)37-17-11-16-31(21-37,29(40)36(5)35(3)4)19-22-12-7-6-8-13-22;;/h6-10,12-15,20,26,33H,11,16-19,21,32H2,1-5H3,(H,34,39);2*1H2/t26-,31-;;/m1../s1. The van der Waals surface area contributed by atoms with Gasteiger partial charge in [-0.3, -0.25) is 19.4 Å². The number of amides is 3. The highest BCUT2D eigenvalue weighted by atomic mass is 16.2. The number of benzene rings is 2. The van der Waals surface area contributed by atoms with Crippen LogP contribution in [-0.4, -0.2) is 94.4 Å². The van der Waals surface area contributed by atoms with E-state index in [9.17, 15) is 14.4 Å². The molecule has 3 aromatic rings. The van der Waals surface area contributed by atoms with E-state index in [4.69, 9.17) is 5.73 Å². The smallest absolute Gasteiger partial charge is 0.245 e. The summed E-state index contributed by atoms with van der Waals surface area (Å²) in [5.74, 6) is -0.638. The van der Waals surface area contributed by atoms with E-state index < -0.39 is 22.9 Å². The maximum absolute atomic E-state index is 14.2. The number of nitrogens with zero attached hydrogens (tertiary/aromatic N) is 3. The number of nitrogens with one attached hydrogen (secondary N) is 2. The van der Waals surface area contributed by atoms with E-state index in [0.717, 1.165) is 22.0 Å². The second kappa shape index (κ2) is 13.9. The molecule has 3 amide bonds. The zero-order valence-corrected chi connectivity index (χ0v) is 25.2. The lowest BCUT2D eigenvalue weighted by molar-refractivity contribution is -0.159. The molecule has 1 aromatic heterocycles. The Morgan fingerprint density at radius 1 is 1.05 bits per heavy atom. The molecule has 4 rings (SSSR count). The molecule has 11 heteroatoms. The maximum Gasteiger partial charge on any atom is 0.245 e. The number of para-hydroxylation sites is 1. The largest absolute Gasteiger partial charge is 0.412 e. The summed E-state index contributed by atoms with van der Waals surface area (Å²) >= 11 is 0. The Kier molecular flexibility index (Phi) is 11.4. The predicted octanol–water partition coefficient (Wildman–Crippen LogP) is 1.07. The number of hydrazine groups is 1. The van der Waals surface area contributed by atoms with Gasteiger partial charge in [-0.25, -0.2) is 5.01 Å². The number of hydrogen-bond donors (Lipinski definition) is 3. The van der Waals surface area contributed by atoms with Crippen LogP contribution in [0.25, 0.3) is 10.9 Å². The van der Waals surface area contributed by atoms with E-state index in [1.165, 1.54) is 0 Å². The van der Waals surface area contributed by atoms with Crippen LogP contribution in [0, 0.1) is 5.41 Å². The lowest BCUT2D eigenvalue weighted by Gasteiger charge is -2.45. The van der Waals surface area contributed by atoms with Gasteiger partial charge in [-0.1, -0.05) is 48.5 Å². The van der Waals surface area contributed by atoms with Crippen molar-refractivity contribution in [1.29, 1.82) is 0 Å². The van der Waals surface area contributed by atoms with Crippen LogP contribution in [0.3, 0.4) is 0 Å². The molecule has 0 unspecified atom stereocenters. The van der Waals surface area contributed by atoms with Crippen molar-refractivity contribution in [3.63, 3.8) is 0 Å². The Morgan fingerprint density at radius 2 is 1.69 bits per heavy atom. The van der Waals surface area contributed by atoms with Crippen LogP contribution < -0.4 is 11.1 Å². The number of aromatic nitrogens is 1. The number of hydrogen-bond acceptors (Lipinski definition) is 5. The number of likely N-dealkylation sites (tertiary alicyclic amines) is 1. The van der Waals surface area contributed by atoms with Gasteiger partial charge >= 0.3 is 0 Å². The van der Waals surface area contributed by atoms with Gasteiger partial charge in [-0.15, -0.1) is 0 Å². The van der Waals surface area contributed by atoms with Crippen molar-refractivity contribution in [1.82, 2.24) is 25.2 Å². The molecule has 230 valence electrons. The van der Waals surface area contributed by atoms with Crippen LogP contribution in [-0.2, 0) is 27.2 Å². The zero-order valence-electron chi connectivity index (χ0n) is 25.2. The van der Waals surface area contributed by atoms with E-state index in [-0.39, 0.29) is 29.3 Å². The van der Waals surface area contributed by atoms with Crippen LogP contribution in [0.1, 0.15) is 37.8 Å². The van der Waals surface area contributed by atoms with E-state index >= 15 is 0 Å².